The zero-order valence-electron chi connectivity index (χ0n) is 13.6. The predicted molar refractivity (Wildman–Crippen MR) is 108 cm³/mol. The van der Waals surface area contributed by atoms with Crippen LogP contribution in [0, 0.1) is 6.92 Å². The van der Waals surface area contributed by atoms with Gasteiger partial charge in [-0.2, -0.15) is 0 Å². The molecule has 0 fully saturated rings. The van der Waals surface area contributed by atoms with Gasteiger partial charge >= 0.3 is 0 Å². The van der Waals surface area contributed by atoms with E-state index in [9.17, 15) is 0 Å². The van der Waals surface area contributed by atoms with Gasteiger partial charge in [0.15, 0.2) is 0 Å². The van der Waals surface area contributed by atoms with Gasteiger partial charge in [0.2, 0.25) is 0 Å². The van der Waals surface area contributed by atoms with Crippen LogP contribution in [0.15, 0.2) is 54.1 Å². The van der Waals surface area contributed by atoms with Crippen LogP contribution in [0.4, 0.5) is 0 Å². The Balaban J connectivity index is -0.0000000388. The SMILES string of the molecule is C.C.C.C/C=C\C(C)=C/C.CC.CC.Cc1ccccc1. The van der Waals surface area contributed by atoms with Crippen molar-refractivity contribution in [2.45, 2.75) is 77.7 Å². The van der Waals surface area contributed by atoms with E-state index in [-0.39, 0.29) is 22.3 Å². The van der Waals surface area contributed by atoms with Crippen molar-refractivity contribution >= 4 is 0 Å². The van der Waals surface area contributed by atoms with Gasteiger partial charge in [0, 0.05) is 0 Å². The molecule has 0 aromatic heterocycles. The summed E-state index contributed by atoms with van der Waals surface area (Å²) in [6.07, 6.45) is 6.20. The van der Waals surface area contributed by atoms with E-state index >= 15 is 0 Å². The summed E-state index contributed by atoms with van der Waals surface area (Å²) in [5, 5.41) is 0. The highest BCUT2D eigenvalue weighted by atomic mass is 13.8. The Bertz CT molecular complexity index is 278. The summed E-state index contributed by atoms with van der Waals surface area (Å²) in [5.41, 5.74) is 2.64. The third kappa shape index (κ3) is 38.1. The highest BCUT2D eigenvalue weighted by molar-refractivity contribution is 5.13. The molecule has 0 aliphatic carbocycles. The van der Waals surface area contributed by atoms with E-state index in [4.69, 9.17) is 0 Å². The molecule has 0 aliphatic heterocycles. The van der Waals surface area contributed by atoms with Crippen LogP contribution >= 0.6 is 0 Å². The summed E-state index contributed by atoms with van der Waals surface area (Å²) in [6, 6.07) is 10.3. The van der Waals surface area contributed by atoms with Gasteiger partial charge in [0.05, 0.1) is 0 Å². The lowest BCUT2D eigenvalue weighted by atomic mass is 10.2. The molecule has 0 aliphatic rings. The Morgan fingerprint density at radius 1 is 0.810 bits per heavy atom. The first-order chi connectivity index (χ1) is 8.70. The van der Waals surface area contributed by atoms with Gasteiger partial charge in [-0.05, 0) is 27.7 Å². The maximum atomic E-state index is 2.08. The Morgan fingerprint density at radius 2 is 1.19 bits per heavy atom. The molecule has 0 unspecified atom stereocenters. The van der Waals surface area contributed by atoms with Crippen LogP contribution < -0.4 is 0 Å². The third-order valence-corrected chi connectivity index (χ3v) is 1.83. The van der Waals surface area contributed by atoms with Crippen molar-refractivity contribution in [1.82, 2.24) is 0 Å². The van der Waals surface area contributed by atoms with Crippen molar-refractivity contribution in [2.75, 3.05) is 0 Å². The molecule has 0 atom stereocenters. The summed E-state index contributed by atoms with van der Waals surface area (Å²) in [7, 11) is 0. The van der Waals surface area contributed by atoms with Crippen LogP contribution in [0.25, 0.3) is 0 Å². The van der Waals surface area contributed by atoms with Gasteiger partial charge in [0.25, 0.3) is 0 Å². The van der Waals surface area contributed by atoms with E-state index in [1.807, 2.05) is 65.8 Å². The van der Waals surface area contributed by atoms with Crippen molar-refractivity contribution in [2.24, 2.45) is 0 Å². The van der Waals surface area contributed by atoms with Gasteiger partial charge in [-0.1, -0.05) is 110 Å². The van der Waals surface area contributed by atoms with Crippen molar-refractivity contribution in [3.05, 3.63) is 59.7 Å². The van der Waals surface area contributed by atoms with Crippen molar-refractivity contribution in [1.29, 1.82) is 0 Å². The lowest BCUT2D eigenvalue weighted by molar-refractivity contribution is 1.46. The fourth-order valence-corrected chi connectivity index (χ4v) is 0.893. The number of benzene rings is 1. The molecule has 0 nitrogen and oxygen atoms in total. The number of hydrogen-bond acceptors (Lipinski definition) is 0. The molecule has 0 heteroatoms. The smallest absolute Gasteiger partial charge is 0.0398 e. The Kier molecular flexibility index (Phi) is 63.5. The molecule has 0 saturated heterocycles. The average molecular weight is 297 g/mol. The Hall–Kier alpha value is -1.30. The molecule has 0 heterocycles. The van der Waals surface area contributed by atoms with Crippen LogP contribution in [0.5, 0.6) is 0 Å². The second-order valence-corrected chi connectivity index (χ2v) is 3.19. The molecule has 128 valence electrons. The summed E-state index contributed by atoms with van der Waals surface area (Å²) >= 11 is 0. The lowest BCUT2D eigenvalue weighted by Gasteiger charge is -1.82. The second-order valence-electron chi connectivity index (χ2n) is 3.19. The first kappa shape index (κ1) is 36.7. The molecule has 21 heavy (non-hydrogen) atoms. The molecule has 1 aromatic carbocycles. The zero-order chi connectivity index (χ0) is 14.8. The molecule has 1 rings (SSSR count). The minimum atomic E-state index is 0. The lowest BCUT2D eigenvalue weighted by Crippen LogP contribution is -1.62. The first-order valence-corrected chi connectivity index (χ1v) is 6.98. The molecule has 0 radical (unpaired) electrons. The van der Waals surface area contributed by atoms with E-state index < -0.39 is 0 Å². The minimum Gasteiger partial charge on any atom is -0.0874 e. The van der Waals surface area contributed by atoms with Gasteiger partial charge in [-0.25, -0.2) is 0 Å². The first-order valence-electron chi connectivity index (χ1n) is 6.98. The number of allylic oxidation sites excluding steroid dienone is 4. The normalized spacial score (nSPS) is 7.90. The topological polar surface area (TPSA) is 0 Å². The molecule has 0 saturated carbocycles. The van der Waals surface area contributed by atoms with Gasteiger partial charge in [-0.3, -0.25) is 0 Å². The van der Waals surface area contributed by atoms with Crippen LogP contribution in [0.3, 0.4) is 0 Å². The summed E-state index contributed by atoms with van der Waals surface area (Å²) in [6.45, 7) is 16.2. The van der Waals surface area contributed by atoms with E-state index in [1.54, 1.807) is 0 Å². The van der Waals surface area contributed by atoms with Crippen LogP contribution in [-0.2, 0) is 0 Å². The molecule has 0 bridgehead atoms. The molecule has 0 N–H and O–H groups in total. The van der Waals surface area contributed by atoms with Crippen LogP contribution in [0.2, 0.25) is 0 Å². The standard InChI is InChI=1S/C7H8.C7H12.2C2H6.3CH4/c1-7-5-3-2-4-6-7;1-4-6-7(3)5-2;2*1-2;;;/h2-6H,1H3;4-6H,1-3H3;2*1-2H3;3*1H4/b;6-4-,7-5-;;;;;. The predicted octanol–water partition coefficient (Wildman–Crippen LogP) is 8.48. The average Bonchev–Trinajstić information content (AvgIpc) is 2.45. The van der Waals surface area contributed by atoms with E-state index in [1.165, 1.54) is 11.1 Å². The molecule has 0 spiro atoms. The monoisotopic (exact) mass is 296 g/mol. The number of aryl methyl sites for hydroxylation is 1. The Morgan fingerprint density at radius 3 is 1.33 bits per heavy atom. The Labute approximate surface area is 138 Å². The van der Waals surface area contributed by atoms with Crippen LogP contribution in [-0.4, -0.2) is 0 Å². The summed E-state index contributed by atoms with van der Waals surface area (Å²) in [4.78, 5) is 0. The molecule has 0 amide bonds. The molecular formula is C21H44. The summed E-state index contributed by atoms with van der Waals surface area (Å²) < 4.78 is 0. The fourth-order valence-electron chi connectivity index (χ4n) is 0.893. The van der Waals surface area contributed by atoms with E-state index in [2.05, 4.69) is 38.1 Å². The molecule has 1 aromatic rings. The number of rotatable bonds is 1. The minimum absolute atomic E-state index is 0. The quantitative estimate of drug-likeness (QED) is 0.456. The molecular weight excluding hydrogens is 252 g/mol. The highest BCUT2D eigenvalue weighted by Crippen LogP contribution is 1.92. The van der Waals surface area contributed by atoms with Crippen molar-refractivity contribution in [3.63, 3.8) is 0 Å². The highest BCUT2D eigenvalue weighted by Gasteiger charge is 1.72. The second kappa shape index (κ2) is 36.3. The van der Waals surface area contributed by atoms with Crippen molar-refractivity contribution in [3.8, 4) is 0 Å². The maximum absolute atomic E-state index is 2.08. The van der Waals surface area contributed by atoms with Gasteiger partial charge < -0.3 is 0 Å². The number of hydrogen-bond donors (Lipinski definition) is 0. The summed E-state index contributed by atoms with van der Waals surface area (Å²) in [5.74, 6) is 0. The van der Waals surface area contributed by atoms with E-state index in [0.29, 0.717) is 0 Å². The van der Waals surface area contributed by atoms with E-state index in [0.717, 1.165) is 0 Å². The van der Waals surface area contributed by atoms with Gasteiger partial charge in [-0.15, -0.1) is 0 Å². The zero-order valence-corrected chi connectivity index (χ0v) is 13.6. The third-order valence-electron chi connectivity index (χ3n) is 1.83. The van der Waals surface area contributed by atoms with Crippen LogP contribution in [0.1, 0.15) is 76.3 Å². The largest absolute Gasteiger partial charge is 0.0874 e. The van der Waals surface area contributed by atoms with Gasteiger partial charge in [0.1, 0.15) is 0 Å². The fraction of sp³-hybridized carbons (Fsp3) is 0.524. The van der Waals surface area contributed by atoms with Crippen molar-refractivity contribution < 1.29 is 0 Å². The maximum Gasteiger partial charge on any atom is -0.0398 e.